The summed E-state index contributed by atoms with van der Waals surface area (Å²) in [6.07, 6.45) is 0. The lowest BCUT2D eigenvalue weighted by Crippen LogP contribution is -2.00. The van der Waals surface area contributed by atoms with Crippen LogP contribution in [0.3, 0.4) is 0 Å². The number of halogens is 1. The van der Waals surface area contributed by atoms with Crippen LogP contribution in [0.25, 0.3) is 11.1 Å². The third-order valence-corrected chi connectivity index (χ3v) is 2.92. The van der Waals surface area contributed by atoms with Crippen molar-refractivity contribution in [2.75, 3.05) is 7.11 Å². The molecule has 0 aliphatic carbocycles. The van der Waals surface area contributed by atoms with Crippen LogP contribution >= 0.6 is 11.6 Å². The Morgan fingerprint density at radius 1 is 1.22 bits per heavy atom. The van der Waals surface area contributed by atoms with Crippen molar-refractivity contribution in [2.45, 2.75) is 0 Å². The maximum atomic E-state index is 11.3. The minimum absolute atomic E-state index is 0.104. The highest BCUT2D eigenvalue weighted by atomic mass is 35.5. The third-order valence-electron chi connectivity index (χ3n) is 2.61. The normalized spacial score (nSPS) is 10.1. The van der Waals surface area contributed by atoms with Gasteiger partial charge in [0.1, 0.15) is 5.75 Å². The van der Waals surface area contributed by atoms with E-state index in [9.17, 15) is 9.90 Å². The van der Waals surface area contributed by atoms with Crippen molar-refractivity contribution in [1.29, 1.82) is 0 Å². The summed E-state index contributed by atoms with van der Waals surface area (Å²) in [5.74, 6) is -0.373. The van der Waals surface area contributed by atoms with Gasteiger partial charge in [-0.1, -0.05) is 35.9 Å². The third kappa shape index (κ3) is 2.31. The predicted octanol–water partition coefficient (Wildman–Crippen LogP) is 3.71. The van der Waals surface area contributed by atoms with E-state index >= 15 is 0 Å². The molecule has 0 saturated carbocycles. The average Bonchev–Trinajstić information content (AvgIpc) is 2.38. The van der Waals surface area contributed by atoms with Crippen molar-refractivity contribution < 1.29 is 14.6 Å². The van der Waals surface area contributed by atoms with Gasteiger partial charge in [-0.05, 0) is 29.3 Å². The molecule has 2 rings (SSSR count). The van der Waals surface area contributed by atoms with Crippen LogP contribution in [0.2, 0.25) is 5.02 Å². The number of carbonyl (C=O) groups is 1. The van der Waals surface area contributed by atoms with Crippen LogP contribution < -0.4 is 4.74 Å². The summed E-state index contributed by atoms with van der Waals surface area (Å²) < 4.78 is 5.13. The number of hydrogen-bond acceptors (Lipinski definition) is 2. The van der Waals surface area contributed by atoms with Crippen LogP contribution in [0.5, 0.6) is 5.75 Å². The molecule has 0 unspecified atom stereocenters. The van der Waals surface area contributed by atoms with Gasteiger partial charge in [-0.15, -0.1) is 0 Å². The van der Waals surface area contributed by atoms with Crippen molar-refractivity contribution in [1.82, 2.24) is 0 Å². The Bertz CT molecular complexity index is 593. The van der Waals surface area contributed by atoms with Crippen LogP contribution in [-0.2, 0) is 0 Å². The number of rotatable bonds is 3. The first-order valence-electron chi connectivity index (χ1n) is 5.29. The first kappa shape index (κ1) is 12.5. The van der Waals surface area contributed by atoms with E-state index in [4.69, 9.17) is 16.3 Å². The van der Waals surface area contributed by atoms with Gasteiger partial charge in [0, 0.05) is 0 Å². The summed E-state index contributed by atoms with van der Waals surface area (Å²) in [7, 11) is 1.56. The second-order valence-corrected chi connectivity index (χ2v) is 4.11. The summed E-state index contributed by atoms with van der Waals surface area (Å²) in [6, 6.07) is 12.2. The van der Waals surface area contributed by atoms with Gasteiger partial charge in [-0.3, -0.25) is 0 Å². The Morgan fingerprint density at radius 2 is 1.94 bits per heavy atom. The van der Waals surface area contributed by atoms with Crippen LogP contribution in [0.4, 0.5) is 0 Å². The van der Waals surface area contributed by atoms with E-state index in [0.717, 1.165) is 5.56 Å². The van der Waals surface area contributed by atoms with Gasteiger partial charge in [-0.2, -0.15) is 0 Å². The van der Waals surface area contributed by atoms with Crippen LogP contribution in [0.1, 0.15) is 10.4 Å². The molecule has 18 heavy (non-hydrogen) atoms. The molecule has 0 spiro atoms. The molecular formula is C14H11ClO3. The fourth-order valence-electron chi connectivity index (χ4n) is 1.77. The quantitative estimate of drug-likeness (QED) is 0.917. The minimum Gasteiger partial charge on any atom is -0.497 e. The average molecular weight is 263 g/mol. The van der Waals surface area contributed by atoms with Gasteiger partial charge in [0.05, 0.1) is 17.7 Å². The van der Waals surface area contributed by atoms with Gasteiger partial charge in [0.25, 0.3) is 0 Å². The lowest BCUT2D eigenvalue weighted by atomic mass is 9.99. The van der Waals surface area contributed by atoms with Crippen molar-refractivity contribution >= 4 is 17.6 Å². The fourth-order valence-corrected chi connectivity index (χ4v) is 2.03. The van der Waals surface area contributed by atoms with Gasteiger partial charge < -0.3 is 9.84 Å². The van der Waals surface area contributed by atoms with Gasteiger partial charge in [0.2, 0.25) is 0 Å². The van der Waals surface area contributed by atoms with Crippen molar-refractivity contribution in [3.8, 4) is 16.9 Å². The molecule has 0 bridgehead atoms. The van der Waals surface area contributed by atoms with E-state index < -0.39 is 5.97 Å². The monoisotopic (exact) mass is 262 g/mol. The zero-order valence-corrected chi connectivity index (χ0v) is 10.4. The van der Waals surface area contributed by atoms with Gasteiger partial charge in [0.15, 0.2) is 0 Å². The molecule has 1 N–H and O–H groups in total. The molecule has 2 aromatic rings. The number of carboxylic acid groups (broad SMARTS) is 1. The molecule has 0 amide bonds. The molecule has 92 valence electrons. The van der Waals surface area contributed by atoms with Crippen molar-refractivity contribution in [3.63, 3.8) is 0 Å². The molecule has 0 fully saturated rings. The van der Waals surface area contributed by atoms with E-state index in [1.807, 2.05) is 6.07 Å². The first-order valence-corrected chi connectivity index (χ1v) is 5.67. The molecule has 2 aromatic carbocycles. The minimum atomic E-state index is -1.04. The second kappa shape index (κ2) is 5.10. The number of ether oxygens (including phenoxy) is 1. The van der Waals surface area contributed by atoms with E-state index in [0.29, 0.717) is 11.3 Å². The Kier molecular flexibility index (Phi) is 3.53. The molecule has 0 aliphatic heterocycles. The highest BCUT2D eigenvalue weighted by molar-refractivity contribution is 6.34. The maximum absolute atomic E-state index is 11.3. The molecule has 0 heterocycles. The molecule has 0 saturated heterocycles. The fraction of sp³-hybridized carbons (Fsp3) is 0.0714. The Hall–Kier alpha value is -2.00. The zero-order chi connectivity index (χ0) is 13.1. The van der Waals surface area contributed by atoms with E-state index in [-0.39, 0.29) is 10.6 Å². The Balaban J connectivity index is 2.63. The molecular weight excluding hydrogens is 252 g/mol. The van der Waals surface area contributed by atoms with Gasteiger partial charge in [-0.25, -0.2) is 4.79 Å². The lowest BCUT2D eigenvalue weighted by molar-refractivity contribution is 0.0698. The molecule has 4 heteroatoms. The Morgan fingerprint density at radius 3 is 2.61 bits per heavy atom. The highest BCUT2D eigenvalue weighted by Crippen LogP contribution is 2.31. The smallest absolute Gasteiger partial charge is 0.337 e. The summed E-state index contributed by atoms with van der Waals surface area (Å²) in [5, 5.41) is 9.44. The largest absolute Gasteiger partial charge is 0.497 e. The SMILES string of the molecule is COc1cccc(-c2cccc(Cl)c2C(=O)O)c1. The highest BCUT2D eigenvalue weighted by Gasteiger charge is 2.15. The van der Waals surface area contributed by atoms with E-state index in [1.165, 1.54) is 0 Å². The van der Waals surface area contributed by atoms with Crippen molar-refractivity contribution in [2.24, 2.45) is 0 Å². The summed E-state index contributed by atoms with van der Waals surface area (Å²) in [6.45, 7) is 0. The number of methoxy groups -OCH3 is 1. The molecule has 0 atom stereocenters. The van der Waals surface area contributed by atoms with Crippen LogP contribution in [0.15, 0.2) is 42.5 Å². The lowest BCUT2D eigenvalue weighted by Gasteiger charge is -2.09. The summed E-state index contributed by atoms with van der Waals surface area (Å²) in [4.78, 5) is 11.3. The summed E-state index contributed by atoms with van der Waals surface area (Å²) >= 11 is 5.94. The Labute approximate surface area is 110 Å². The molecule has 0 radical (unpaired) electrons. The topological polar surface area (TPSA) is 46.5 Å². The number of benzene rings is 2. The number of carboxylic acids is 1. The number of aromatic carboxylic acids is 1. The molecule has 0 aromatic heterocycles. The van der Waals surface area contributed by atoms with Crippen LogP contribution in [0, 0.1) is 0 Å². The zero-order valence-electron chi connectivity index (χ0n) is 9.68. The van der Waals surface area contributed by atoms with E-state index in [1.54, 1.807) is 43.5 Å². The van der Waals surface area contributed by atoms with Crippen LogP contribution in [-0.4, -0.2) is 18.2 Å². The number of hydrogen-bond donors (Lipinski definition) is 1. The van der Waals surface area contributed by atoms with E-state index in [2.05, 4.69) is 0 Å². The first-order chi connectivity index (χ1) is 8.63. The van der Waals surface area contributed by atoms with Gasteiger partial charge >= 0.3 is 5.97 Å². The van der Waals surface area contributed by atoms with Crippen molar-refractivity contribution in [3.05, 3.63) is 53.1 Å². The summed E-state index contributed by atoms with van der Waals surface area (Å²) in [5.41, 5.74) is 1.44. The standard InChI is InChI=1S/C14H11ClO3/c1-18-10-5-2-4-9(8-10)11-6-3-7-12(15)13(11)14(16)17/h2-8H,1H3,(H,16,17). The molecule has 0 aliphatic rings. The molecule has 3 nitrogen and oxygen atoms in total. The second-order valence-electron chi connectivity index (χ2n) is 3.70. The maximum Gasteiger partial charge on any atom is 0.337 e. The predicted molar refractivity (Wildman–Crippen MR) is 70.4 cm³/mol.